The van der Waals surface area contributed by atoms with E-state index in [1.165, 1.54) is 0 Å². The van der Waals surface area contributed by atoms with Gasteiger partial charge in [-0.05, 0) is 33.6 Å². The van der Waals surface area contributed by atoms with Crippen LogP contribution in [0.3, 0.4) is 0 Å². The minimum atomic E-state index is -1.51. The topological polar surface area (TPSA) is 94.5 Å². The van der Waals surface area contributed by atoms with Gasteiger partial charge in [0.2, 0.25) is 17.2 Å². The van der Waals surface area contributed by atoms with Crippen LogP contribution in [0, 0.1) is 0 Å². The van der Waals surface area contributed by atoms with Crippen molar-refractivity contribution in [1.82, 2.24) is 0 Å². The molecule has 0 aromatic heterocycles. The zero-order chi connectivity index (χ0) is 18.8. The van der Waals surface area contributed by atoms with Crippen molar-refractivity contribution < 1.29 is 34.0 Å². The summed E-state index contributed by atoms with van der Waals surface area (Å²) in [5, 5.41) is 19.6. The molecule has 7 heteroatoms. The predicted molar refractivity (Wildman–Crippen MR) is 93.5 cm³/mol. The molecule has 0 saturated carbocycles. The highest BCUT2D eigenvalue weighted by molar-refractivity contribution is 5.73. The van der Waals surface area contributed by atoms with E-state index in [1.807, 2.05) is 6.92 Å². The van der Waals surface area contributed by atoms with Crippen LogP contribution in [0.4, 0.5) is 4.79 Å². The lowest BCUT2D eigenvalue weighted by Gasteiger charge is -2.22. The highest BCUT2D eigenvalue weighted by Gasteiger charge is 2.29. The molecule has 1 aromatic carbocycles. The molecular weight excluding hydrogens is 328 g/mol. The Bertz CT molecular complexity index is 569. The molecule has 0 aliphatic carbocycles. The first kappa shape index (κ1) is 20.7. The summed E-state index contributed by atoms with van der Waals surface area (Å²) in [5.41, 5.74) is 0.474. The van der Waals surface area contributed by atoms with E-state index in [4.69, 9.17) is 24.1 Å². The summed E-state index contributed by atoms with van der Waals surface area (Å²) in [6.45, 7) is 8.40. The Balaban J connectivity index is 3.61. The van der Waals surface area contributed by atoms with E-state index in [0.29, 0.717) is 30.9 Å². The average Bonchev–Trinajstić information content (AvgIpc) is 2.57. The highest BCUT2D eigenvalue weighted by Crippen LogP contribution is 2.53. The van der Waals surface area contributed by atoms with E-state index in [2.05, 4.69) is 6.92 Å². The molecule has 0 aliphatic heterocycles. The number of carbonyl (C=O) groups is 1. The molecule has 0 fully saturated rings. The van der Waals surface area contributed by atoms with Gasteiger partial charge in [0.1, 0.15) is 0 Å². The van der Waals surface area contributed by atoms with Crippen molar-refractivity contribution in [3.05, 3.63) is 5.56 Å². The Hall–Kier alpha value is -2.31. The van der Waals surface area contributed by atoms with Crippen molar-refractivity contribution in [2.75, 3.05) is 19.8 Å². The van der Waals surface area contributed by atoms with Crippen molar-refractivity contribution in [3.8, 4) is 28.7 Å². The number of phenols is 1. The molecule has 0 spiro atoms. The molecule has 0 atom stereocenters. The van der Waals surface area contributed by atoms with Crippen molar-refractivity contribution in [2.24, 2.45) is 0 Å². The van der Waals surface area contributed by atoms with Gasteiger partial charge in [-0.1, -0.05) is 19.8 Å². The van der Waals surface area contributed by atoms with E-state index in [1.54, 1.807) is 13.8 Å². The molecule has 1 rings (SSSR count). The summed E-state index contributed by atoms with van der Waals surface area (Å²) in [6, 6.07) is 0. The van der Waals surface area contributed by atoms with E-state index < -0.39 is 6.16 Å². The van der Waals surface area contributed by atoms with E-state index in [-0.39, 0.29) is 29.6 Å². The van der Waals surface area contributed by atoms with Gasteiger partial charge >= 0.3 is 6.16 Å². The fourth-order valence-corrected chi connectivity index (χ4v) is 2.52. The lowest BCUT2D eigenvalue weighted by Crippen LogP contribution is -2.11. The van der Waals surface area contributed by atoms with E-state index in [9.17, 15) is 9.90 Å². The zero-order valence-corrected chi connectivity index (χ0v) is 15.4. The normalized spacial score (nSPS) is 10.4. The summed E-state index contributed by atoms with van der Waals surface area (Å²) in [6.07, 6.45) is 1.73. The first-order valence-electron chi connectivity index (χ1n) is 8.72. The molecule has 0 aliphatic rings. The third kappa shape index (κ3) is 5.34. The van der Waals surface area contributed by atoms with Crippen LogP contribution < -0.4 is 18.9 Å². The molecular formula is C18H28O7. The number of benzene rings is 1. The van der Waals surface area contributed by atoms with Crippen molar-refractivity contribution in [2.45, 2.75) is 53.4 Å². The third-order valence-corrected chi connectivity index (χ3v) is 3.48. The third-order valence-electron chi connectivity index (χ3n) is 3.48. The molecule has 0 heterocycles. The number of rotatable bonds is 11. The molecule has 2 N–H and O–H groups in total. The van der Waals surface area contributed by atoms with Crippen LogP contribution in [0.2, 0.25) is 0 Å². The second kappa shape index (κ2) is 10.5. The lowest BCUT2D eigenvalue weighted by atomic mass is 10.0. The molecule has 0 unspecified atom stereocenters. The van der Waals surface area contributed by atoms with Gasteiger partial charge in [-0.15, -0.1) is 0 Å². The monoisotopic (exact) mass is 356 g/mol. The van der Waals surface area contributed by atoms with Crippen molar-refractivity contribution in [1.29, 1.82) is 0 Å². The maximum absolute atomic E-state index is 11.1. The van der Waals surface area contributed by atoms with Crippen LogP contribution in [0.5, 0.6) is 28.7 Å². The van der Waals surface area contributed by atoms with Gasteiger partial charge in [0.05, 0.1) is 19.8 Å². The number of unbranched alkanes of at least 4 members (excludes halogenated alkanes) is 2. The van der Waals surface area contributed by atoms with Gasteiger partial charge in [-0.3, -0.25) is 0 Å². The number of carboxylic acid groups (broad SMARTS) is 1. The Morgan fingerprint density at radius 3 is 1.92 bits per heavy atom. The smallest absolute Gasteiger partial charge is 0.502 e. The predicted octanol–water partition coefficient (Wildman–Crippen LogP) is 4.38. The minimum Gasteiger partial charge on any atom is -0.502 e. The Morgan fingerprint density at radius 2 is 1.40 bits per heavy atom. The van der Waals surface area contributed by atoms with Crippen LogP contribution in [0.1, 0.15) is 52.5 Å². The number of hydrogen-bond donors (Lipinski definition) is 2. The number of aromatic hydroxyl groups is 1. The van der Waals surface area contributed by atoms with Crippen molar-refractivity contribution >= 4 is 6.16 Å². The molecule has 0 amide bonds. The molecule has 25 heavy (non-hydrogen) atoms. The largest absolute Gasteiger partial charge is 0.511 e. The number of ether oxygens (including phenoxy) is 4. The second-order valence-corrected chi connectivity index (χ2v) is 5.27. The van der Waals surface area contributed by atoms with Crippen LogP contribution in [0.25, 0.3) is 0 Å². The molecule has 0 bridgehead atoms. The summed E-state index contributed by atoms with van der Waals surface area (Å²) in [4.78, 5) is 11.1. The van der Waals surface area contributed by atoms with Gasteiger partial charge in [-0.2, -0.15) is 0 Å². The van der Waals surface area contributed by atoms with Crippen molar-refractivity contribution in [3.63, 3.8) is 0 Å². The summed E-state index contributed by atoms with van der Waals surface area (Å²) in [5.74, 6) is 0.121. The van der Waals surface area contributed by atoms with Crippen LogP contribution in [-0.4, -0.2) is 36.2 Å². The fourth-order valence-electron chi connectivity index (χ4n) is 2.52. The fraction of sp³-hybridized carbons (Fsp3) is 0.611. The molecule has 7 nitrogen and oxygen atoms in total. The zero-order valence-electron chi connectivity index (χ0n) is 15.4. The van der Waals surface area contributed by atoms with E-state index >= 15 is 0 Å². The lowest BCUT2D eigenvalue weighted by molar-refractivity contribution is 0.141. The highest BCUT2D eigenvalue weighted by atomic mass is 16.7. The van der Waals surface area contributed by atoms with Gasteiger partial charge in [-0.25, -0.2) is 4.79 Å². The summed E-state index contributed by atoms with van der Waals surface area (Å²) < 4.78 is 21.7. The molecule has 142 valence electrons. The van der Waals surface area contributed by atoms with Gasteiger partial charge < -0.3 is 29.2 Å². The maximum Gasteiger partial charge on any atom is 0.511 e. The second-order valence-electron chi connectivity index (χ2n) is 5.27. The molecule has 0 saturated heterocycles. The maximum atomic E-state index is 11.1. The summed E-state index contributed by atoms with van der Waals surface area (Å²) in [7, 11) is 0. The van der Waals surface area contributed by atoms with E-state index in [0.717, 1.165) is 19.3 Å². The summed E-state index contributed by atoms with van der Waals surface area (Å²) >= 11 is 0. The molecule has 0 radical (unpaired) electrons. The molecule has 1 aromatic rings. The number of phenolic OH excluding ortho intramolecular Hbond substituents is 1. The van der Waals surface area contributed by atoms with Gasteiger partial charge in [0.15, 0.2) is 11.5 Å². The SMILES string of the molecule is CCCCCc1c(OC(=O)O)c(O)c(OCC)c(OCC)c1OCC. The van der Waals surface area contributed by atoms with Gasteiger partial charge in [0, 0.05) is 5.56 Å². The minimum absolute atomic E-state index is 0.0308. The number of hydrogen-bond acceptors (Lipinski definition) is 6. The first-order chi connectivity index (χ1) is 12.0. The Morgan fingerprint density at radius 1 is 0.840 bits per heavy atom. The first-order valence-corrected chi connectivity index (χ1v) is 8.72. The average molecular weight is 356 g/mol. The Kier molecular flexibility index (Phi) is 8.74. The van der Waals surface area contributed by atoms with Crippen LogP contribution in [-0.2, 0) is 6.42 Å². The standard InChI is InChI=1S/C18H28O7/c1-5-9-10-11-12-14(25-18(20)21)13(19)16(23-7-3)17(24-8-4)15(12)22-6-2/h19H,5-11H2,1-4H3,(H,20,21). The van der Waals surface area contributed by atoms with Gasteiger partial charge in [0.25, 0.3) is 0 Å². The van der Waals surface area contributed by atoms with Crippen LogP contribution >= 0.6 is 0 Å². The Labute approximate surface area is 148 Å². The quantitative estimate of drug-likeness (QED) is 0.345. The van der Waals surface area contributed by atoms with Crippen LogP contribution in [0.15, 0.2) is 0 Å².